The van der Waals surface area contributed by atoms with Crippen LogP contribution in [0.1, 0.15) is 11.4 Å². The molecule has 5 nitrogen and oxygen atoms in total. The summed E-state index contributed by atoms with van der Waals surface area (Å²) in [6, 6.07) is 12.8. The zero-order valence-corrected chi connectivity index (χ0v) is 15.5. The Morgan fingerprint density at radius 1 is 0.923 bits per heavy atom. The third kappa shape index (κ3) is 3.69. The highest BCUT2D eigenvalue weighted by atomic mass is 15.2. The lowest BCUT2D eigenvalue weighted by Gasteiger charge is -2.32. The quantitative estimate of drug-likeness (QED) is 0.727. The van der Waals surface area contributed by atoms with Crippen molar-refractivity contribution in [2.24, 2.45) is 0 Å². The minimum atomic E-state index is 0.978. The van der Waals surface area contributed by atoms with E-state index >= 15 is 0 Å². The molecule has 1 fully saturated rings. The lowest BCUT2D eigenvalue weighted by atomic mass is 10.1. The van der Waals surface area contributed by atoms with Crippen molar-refractivity contribution in [3.8, 4) is 16.9 Å². The van der Waals surface area contributed by atoms with Gasteiger partial charge in [-0.25, -0.2) is 4.98 Å². The maximum absolute atomic E-state index is 4.70. The summed E-state index contributed by atoms with van der Waals surface area (Å²) in [5.41, 5.74) is 4.59. The summed E-state index contributed by atoms with van der Waals surface area (Å²) < 4.78 is 2.15. The van der Waals surface area contributed by atoms with Crippen molar-refractivity contribution in [2.75, 3.05) is 33.2 Å². The average molecular weight is 347 g/mol. The molecule has 3 heterocycles. The van der Waals surface area contributed by atoms with E-state index in [1.165, 1.54) is 5.56 Å². The van der Waals surface area contributed by atoms with Gasteiger partial charge in [-0.05, 0) is 43.8 Å². The summed E-state index contributed by atoms with van der Waals surface area (Å²) in [7, 11) is 2.19. The number of pyridine rings is 1. The number of benzene rings is 1. The molecule has 1 aromatic carbocycles. The Morgan fingerprint density at radius 2 is 1.62 bits per heavy atom. The molecule has 0 radical (unpaired) electrons. The number of rotatable bonds is 4. The first kappa shape index (κ1) is 16.9. The standard InChI is InChI=1S/C21H25N5/c1-17-23-21(19-7-9-22-10-8-19)16-26(17)20-5-3-18(4-6-20)15-25-13-11-24(2)12-14-25/h3-10,16H,11-15H2,1-2H3. The number of aryl methyl sites for hydroxylation is 1. The largest absolute Gasteiger partial charge is 0.304 e. The van der Waals surface area contributed by atoms with E-state index in [9.17, 15) is 0 Å². The van der Waals surface area contributed by atoms with Gasteiger partial charge in [0.05, 0.1) is 5.69 Å². The van der Waals surface area contributed by atoms with Crippen molar-refractivity contribution in [3.63, 3.8) is 0 Å². The topological polar surface area (TPSA) is 37.2 Å². The van der Waals surface area contributed by atoms with E-state index < -0.39 is 0 Å². The molecule has 0 saturated carbocycles. The fourth-order valence-corrected chi connectivity index (χ4v) is 3.42. The molecule has 0 atom stereocenters. The summed E-state index contributed by atoms with van der Waals surface area (Å²) in [6.07, 6.45) is 5.70. The molecular weight excluding hydrogens is 322 g/mol. The number of imidazole rings is 1. The van der Waals surface area contributed by atoms with Crippen LogP contribution in [0.25, 0.3) is 16.9 Å². The number of piperazine rings is 1. The lowest BCUT2D eigenvalue weighted by molar-refractivity contribution is 0.148. The summed E-state index contributed by atoms with van der Waals surface area (Å²) in [6.45, 7) is 7.68. The minimum absolute atomic E-state index is 0.978. The second kappa shape index (κ2) is 7.40. The fraction of sp³-hybridized carbons (Fsp3) is 0.333. The van der Waals surface area contributed by atoms with Gasteiger partial charge in [0.1, 0.15) is 5.82 Å². The molecule has 4 rings (SSSR count). The number of likely N-dealkylation sites (N-methyl/N-ethyl adjacent to an activating group) is 1. The Bertz CT molecular complexity index is 846. The van der Waals surface area contributed by atoms with Crippen LogP contribution in [-0.4, -0.2) is 57.6 Å². The monoisotopic (exact) mass is 347 g/mol. The van der Waals surface area contributed by atoms with Gasteiger partial charge < -0.3 is 9.47 Å². The van der Waals surface area contributed by atoms with Crippen LogP contribution in [0, 0.1) is 6.92 Å². The van der Waals surface area contributed by atoms with E-state index in [1.54, 1.807) is 12.4 Å². The second-order valence-electron chi connectivity index (χ2n) is 7.03. The predicted molar refractivity (Wildman–Crippen MR) is 104 cm³/mol. The Hall–Kier alpha value is -2.50. The van der Waals surface area contributed by atoms with Gasteiger partial charge in [-0.2, -0.15) is 0 Å². The van der Waals surface area contributed by atoms with E-state index in [4.69, 9.17) is 4.98 Å². The van der Waals surface area contributed by atoms with Crippen LogP contribution in [0.15, 0.2) is 55.0 Å². The van der Waals surface area contributed by atoms with Crippen LogP contribution in [0.4, 0.5) is 0 Å². The van der Waals surface area contributed by atoms with Crippen molar-refractivity contribution in [1.82, 2.24) is 24.3 Å². The van der Waals surface area contributed by atoms with E-state index in [0.29, 0.717) is 0 Å². The van der Waals surface area contributed by atoms with Crippen molar-refractivity contribution >= 4 is 0 Å². The normalized spacial score (nSPS) is 16.1. The Morgan fingerprint density at radius 3 is 2.31 bits per heavy atom. The number of hydrogen-bond acceptors (Lipinski definition) is 4. The predicted octanol–water partition coefficient (Wildman–Crippen LogP) is 2.99. The Balaban J connectivity index is 1.49. The van der Waals surface area contributed by atoms with Crippen LogP contribution in [0.3, 0.4) is 0 Å². The van der Waals surface area contributed by atoms with Crippen molar-refractivity contribution in [2.45, 2.75) is 13.5 Å². The highest BCUT2D eigenvalue weighted by Gasteiger charge is 2.14. The van der Waals surface area contributed by atoms with Gasteiger partial charge in [0.2, 0.25) is 0 Å². The van der Waals surface area contributed by atoms with Gasteiger partial charge in [-0.1, -0.05) is 12.1 Å². The molecule has 0 amide bonds. The highest BCUT2D eigenvalue weighted by molar-refractivity contribution is 5.58. The van der Waals surface area contributed by atoms with E-state index in [0.717, 1.165) is 55.5 Å². The zero-order valence-electron chi connectivity index (χ0n) is 15.5. The molecule has 3 aromatic rings. The first-order valence-electron chi connectivity index (χ1n) is 9.15. The van der Waals surface area contributed by atoms with Gasteiger partial charge in [0, 0.05) is 62.6 Å². The molecule has 26 heavy (non-hydrogen) atoms. The van der Waals surface area contributed by atoms with Gasteiger partial charge in [0.15, 0.2) is 0 Å². The number of aromatic nitrogens is 3. The van der Waals surface area contributed by atoms with Crippen molar-refractivity contribution in [1.29, 1.82) is 0 Å². The van der Waals surface area contributed by atoms with Crippen molar-refractivity contribution in [3.05, 3.63) is 66.4 Å². The molecule has 0 aliphatic carbocycles. The fourth-order valence-electron chi connectivity index (χ4n) is 3.42. The third-order valence-electron chi connectivity index (χ3n) is 5.07. The molecule has 0 N–H and O–H groups in total. The number of nitrogens with zero attached hydrogens (tertiary/aromatic N) is 5. The van der Waals surface area contributed by atoms with E-state index in [1.807, 2.05) is 19.1 Å². The molecule has 0 unspecified atom stereocenters. The smallest absolute Gasteiger partial charge is 0.110 e. The number of hydrogen-bond donors (Lipinski definition) is 0. The molecule has 0 bridgehead atoms. The molecule has 5 heteroatoms. The van der Waals surface area contributed by atoms with Gasteiger partial charge in [0.25, 0.3) is 0 Å². The Kier molecular flexibility index (Phi) is 4.82. The minimum Gasteiger partial charge on any atom is -0.304 e. The molecule has 1 aliphatic rings. The molecule has 1 aliphatic heterocycles. The van der Waals surface area contributed by atoms with E-state index in [2.05, 4.69) is 56.9 Å². The van der Waals surface area contributed by atoms with Gasteiger partial charge >= 0.3 is 0 Å². The van der Waals surface area contributed by atoms with Crippen LogP contribution in [0.2, 0.25) is 0 Å². The zero-order chi connectivity index (χ0) is 17.9. The van der Waals surface area contributed by atoms with Crippen LogP contribution in [0.5, 0.6) is 0 Å². The third-order valence-corrected chi connectivity index (χ3v) is 5.07. The second-order valence-corrected chi connectivity index (χ2v) is 7.03. The summed E-state index contributed by atoms with van der Waals surface area (Å²) >= 11 is 0. The van der Waals surface area contributed by atoms with E-state index in [-0.39, 0.29) is 0 Å². The maximum Gasteiger partial charge on any atom is 0.110 e. The molecule has 0 spiro atoms. The van der Waals surface area contributed by atoms with Crippen molar-refractivity contribution < 1.29 is 0 Å². The first-order valence-corrected chi connectivity index (χ1v) is 9.15. The lowest BCUT2D eigenvalue weighted by Crippen LogP contribution is -2.43. The molecule has 1 saturated heterocycles. The highest BCUT2D eigenvalue weighted by Crippen LogP contribution is 2.21. The van der Waals surface area contributed by atoms with Crippen LogP contribution < -0.4 is 0 Å². The molecule has 2 aromatic heterocycles. The van der Waals surface area contributed by atoms with Gasteiger partial charge in [-0.3, -0.25) is 9.88 Å². The summed E-state index contributed by atoms with van der Waals surface area (Å²) in [5.74, 6) is 0.989. The van der Waals surface area contributed by atoms with Crippen LogP contribution >= 0.6 is 0 Å². The Labute approximate surface area is 154 Å². The summed E-state index contributed by atoms with van der Waals surface area (Å²) in [5, 5.41) is 0. The average Bonchev–Trinajstić information content (AvgIpc) is 3.07. The van der Waals surface area contributed by atoms with Crippen LogP contribution in [-0.2, 0) is 6.54 Å². The molecular formula is C21H25N5. The van der Waals surface area contributed by atoms with Gasteiger partial charge in [-0.15, -0.1) is 0 Å². The SMILES string of the molecule is Cc1nc(-c2ccncc2)cn1-c1ccc(CN2CCN(C)CC2)cc1. The molecule has 134 valence electrons. The first-order chi connectivity index (χ1) is 12.7. The summed E-state index contributed by atoms with van der Waals surface area (Å²) in [4.78, 5) is 13.7. The maximum atomic E-state index is 4.70.